The number of nitrogens with zero attached hydrogens (tertiary/aromatic N) is 2. The van der Waals surface area contributed by atoms with Crippen molar-refractivity contribution in [3.05, 3.63) is 0 Å². The number of morpholine rings is 1. The minimum absolute atomic E-state index is 0.0217. The van der Waals surface area contributed by atoms with Gasteiger partial charge in [0.2, 0.25) is 0 Å². The summed E-state index contributed by atoms with van der Waals surface area (Å²) < 4.78 is 5.58. The lowest BCUT2D eigenvalue weighted by molar-refractivity contribution is -0.141. The Morgan fingerprint density at radius 2 is 2.14 bits per heavy atom. The maximum Gasteiger partial charge on any atom is 0.327 e. The van der Waals surface area contributed by atoms with Crippen molar-refractivity contribution in [2.24, 2.45) is 0 Å². The number of ether oxygens (including phenoxy) is 1. The van der Waals surface area contributed by atoms with Crippen LogP contribution in [0, 0.1) is 0 Å². The zero-order chi connectivity index (χ0) is 15.4. The molecule has 2 amide bonds. The van der Waals surface area contributed by atoms with E-state index in [1.807, 2.05) is 6.92 Å². The van der Waals surface area contributed by atoms with Gasteiger partial charge in [0, 0.05) is 18.8 Å². The molecule has 0 aromatic heterocycles. The van der Waals surface area contributed by atoms with Crippen molar-refractivity contribution in [2.45, 2.75) is 50.6 Å². The largest absolute Gasteiger partial charge is 0.480 e. The van der Waals surface area contributed by atoms with Crippen molar-refractivity contribution in [3.8, 4) is 0 Å². The van der Waals surface area contributed by atoms with Crippen LogP contribution in [-0.2, 0) is 9.53 Å². The molecule has 3 unspecified atom stereocenters. The maximum atomic E-state index is 12.8. The van der Waals surface area contributed by atoms with Gasteiger partial charge in [-0.3, -0.25) is 4.90 Å². The third-order valence-electron chi connectivity index (χ3n) is 4.00. The molecule has 120 valence electrons. The second-order valence-corrected chi connectivity index (χ2v) is 6.68. The first-order chi connectivity index (χ1) is 10.1. The molecule has 6 nitrogen and oxygen atoms in total. The zero-order valence-corrected chi connectivity index (χ0v) is 13.5. The van der Waals surface area contributed by atoms with Gasteiger partial charge >= 0.3 is 12.0 Å². The lowest BCUT2D eigenvalue weighted by Gasteiger charge is -2.37. The molecule has 0 spiro atoms. The van der Waals surface area contributed by atoms with Crippen LogP contribution < -0.4 is 0 Å². The average molecular weight is 316 g/mol. The van der Waals surface area contributed by atoms with E-state index in [0.29, 0.717) is 25.4 Å². The molecule has 21 heavy (non-hydrogen) atoms. The zero-order valence-electron chi connectivity index (χ0n) is 12.7. The highest BCUT2D eigenvalue weighted by Gasteiger charge is 2.43. The Morgan fingerprint density at radius 1 is 1.38 bits per heavy atom. The molecular formula is C14H24N2O4S. The summed E-state index contributed by atoms with van der Waals surface area (Å²) in [5.41, 5.74) is 0. The summed E-state index contributed by atoms with van der Waals surface area (Å²) >= 11 is 1.58. The molecule has 0 aromatic rings. The molecular weight excluding hydrogens is 292 g/mol. The molecule has 0 aromatic carbocycles. The number of urea groups is 1. The first kappa shape index (κ1) is 16.4. The lowest BCUT2D eigenvalue weighted by atomic mass is 10.2. The standard InChI is InChI=1S/C14H24N2O4S/c1-3-5-12-16(11(9-21-12)13(17)18)14(19)15-6-7-20-10(4-2)8-15/h10-12H,3-9H2,1-2H3,(H,17,18). The van der Waals surface area contributed by atoms with Crippen molar-refractivity contribution in [1.82, 2.24) is 9.80 Å². The number of carbonyl (C=O) groups is 2. The molecule has 7 heteroatoms. The van der Waals surface area contributed by atoms with Gasteiger partial charge in [0.15, 0.2) is 0 Å². The van der Waals surface area contributed by atoms with Crippen LogP contribution in [0.5, 0.6) is 0 Å². The van der Waals surface area contributed by atoms with Gasteiger partial charge < -0.3 is 14.7 Å². The van der Waals surface area contributed by atoms with E-state index in [1.165, 1.54) is 0 Å². The van der Waals surface area contributed by atoms with Gasteiger partial charge in [0.25, 0.3) is 0 Å². The number of rotatable bonds is 4. The molecule has 2 fully saturated rings. The van der Waals surface area contributed by atoms with Crippen molar-refractivity contribution >= 4 is 23.8 Å². The maximum absolute atomic E-state index is 12.8. The van der Waals surface area contributed by atoms with Gasteiger partial charge in [-0.05, 0) is 12.8 Å². The Bertz CT molecular complexity index is 393. The number of carboxylic acid groups (broad SMARTS) is 1. The van der Waals surface area contributed by atoms with E-state index in [2.05, 4.69) is 6.92 Å². The van der Waals surface area contributed by atoms with Gasteiger partial charge in [-0.1, -0.05) is 20.3 Å². The lowest BCUT2D eigenvalue weighted by Crippen LogP contribution is -2.55. The first-order valence-corrected chi connectivity index (χ1v) is 8.66. The van der Waals surface area contributed by atoms with Crippen molar-refractivity contribution in [3.63, 3.8) is 0 Å². The first-order valence-electron chi connectivity index (χ1n) is 7.61. The number of aliphatic carboxylic acids is 1. The Kier molecular flexibility index (Phi) is 5.75. The molecule has 0 bridgehead atoms. The second-order valence-electron chi connectivity index (χ2n) is 5.47. The summed E-state index contributed by atoms with van der Waals surface area (Å²) in [5.74, 6) is -0.428. The van der Waals surface area contributed by atoms with Crippen LogP contribution in [0.25, 0.3) is 0 Å². The van der Waals surface area contributed by atoms with E-state index >= 15 is 0 Å². The predicted molar refractivity (Wildman–Crippen MR) is 81.4 cm³/mol. The summed E-state index contributed by atoms with van der Waals surface area (Å²) in [6, 6.07) is -0.852. The quantitative estimate of drug-likeness (QED) is 0.857. The highest BCUT2D eigenvalue weighted by molar-refractivity contribution is 8.00. The monoisotopic (exact) mass is 316 g/mol. The van der Waals surface area contributed by atoms with Crippen LogP contribution >= 0.6 is 11.8 Å². The Hall–Kier alpha value is -0.950. The third kappa shape index (κ3) is 3.63. The highest BCUT2D eigenvalue weighted by Crippen LogP contribution is 2.33. The predicted octanol–water partition coefficient (Wildman–Crippen LogP) is 1.85. The van der Waals surface area contributed by atoms with Gasteiger partial charge in [0.05, 0.1) is 18.1 Å². The number of carbonyl (C=O) groups excluding carboxylic acids is 1. The van der Waals surface area contributed by atoms with Crippen LogP contribution in [0.4, 0.5) is 4.79 Å². The van der Waals surface area contributed by atoms with Crippen molar-refractivity contribution in [2.75, 3.05) is 25.4 Å². The molecule has 2 rings (SSSR count). The fourth-order valence-corrected chi connectivity index (χ4v) is 4.29. The molecule has 0 radical (unpaired) electrons. The minimum Gasteiger partial charge on any atom is -0.480 e. The third-order valence-corrected chi connectivity index (χ3v) is 5.35. The van der Waals surface area contributed by atoms with E-state index in [4.69, 9.17) is 4.74 Å². The Balaban J connectivity index is 2.10. The van der Waals surface area contributed by atoms with E-state index in [9.17, 15) is 14.7 Å². The van der Waals surface area contributed by atoms with Gasteiger partial charge in [-0.2, -0.15) is 0 Å². The van der Waals surface area contributed by atoms with E-state index in [-0.39, 0.29) is 17.5 Å². The molecule has 3 atom stereocenters. The average Bonchev–Trinajstić information content (AvgIpc) is 2.91. The Labute approximate surface area is 129 Å². The Morgan fingerprint density at radius 3 is 2.76 bits per heavy atom. The molecule has 2 aliphatic rings. The summed E-state index contributed by atoms with van der Waals surface area (Å²) in [7, 11) is 0. The van der Waals surface area contributed by atoms with Crippen LogP contribution in [-0.4, -0.2) is 69.9 Å². The summed E-state index contributed by atoms with van der Waals surface area (Å²) in [6.07, 6.45) is 2.70. The highest BCUT2D eigenvalue weighted by atomic mass is 32.2. The smallest absolute Gasteiger partial charge is 0.327 e. The van der Waals surface area contributed by atoms with Crippen LogP contribution in [0.1, 0.15) is 33.1 Å². The second kappa shape index (κ2) is 7.35. The van der Waals surface area contributed by atoms with Crippen LogP contribution in [0.15, 0.2) is 0 Å². The molecule has 2 aliphatic heterocycles. The normalized spacial score (nSPS) is 29.7. The number of amides is 2. The summed E-state index contributed by atoms with van der Waals surface area (Å²) in [5, 5.41) is 9.34. The SMILES string of the molecule is CCCC1SCC(C(=O)O)N1C(=O)N1CCOC(CC)C1. The van der Waals surface area contributed by atoms with Crippen molar-refractivity contribution in [1.29, 1.82) is 0 Å². The molecule has 0 saturated carbocycles. The fraction of sp³-hybridized carbons (Fsp3) is 0.857. The molecule has 2 saturated heterocycles. The fourth-order valence-electron chi connectivity index (χ4n) is 2.78. The van der Waals surface area contributed by atoms with Crippen LogP contribution in [0.2, 0.25) is 0 Å². The number of thioether (sulfide) groups is 1. The van der Waals surface area contributed by atoms with Gasteiger partial charge in [0.1, 0.15) is 6.04 Å². The number of hydrogen-bond acceptors (Lipinski definition) is 4. The summed E-state index contributed by atoms with van der Waals surface area (Å²) in [4.78, 5) is 27.5. The van der Waals surface area contributed by atoms with Crippen molar-refractivity contribution < 1.29 is 19.4 Å². The van der Waals surface area contributed by atoms with Crippen LogP contribution in [0.3, 0.4) is 0 Å². The van der Waals surface area contributed by atoms with Gasteiger partial charge in [-0.25, -0.2) is 9.59 Å². The summed E-state index contributed by atoms with van der Waals surface area (Å²) in [6.45, 7) is 5.72. The molecule has 2 heterocycles. The van der Waals surface area contributed by atoms with Gasteiger partial charge in [-0.15, -0.1) is 11.8 Å². The van der Waals surface area contributed by atoms with E-state index < -0.39 is 12.0 Å². The minimum atomic E-state index is -0.908. The van der Waals surface area contributed by atoms with E-state index in [0.717, 1.165) is 19.3 Å². The van der Waals surface area contributed by atoms with E-state index in [1.54, 1.807) is 21.6 Å². The molecule has 0 aliphatic carbocycles. The molecule has 1 N–H and O–H groups in total. The topological polar surface area (TPSA) is 70.1 Å². The number of carboxylic acids is 1. The number of hydrogen-bond donors (Lipinski definition) is 1.